The lowest BCUT2D eigenvalue weighted by Gasteiger charge is -2.22. The zero-order chi connectivity index (χ0) is 8.65. The number of hydrogen-bond donors (Lipinski definition) is 0. The first-order chi connectivity index (χ1) is 5.93. The summed E-state index contributed by atoms with van der Waals surface area (Å²) in [5.41, 5.74) is 0. The van der Waals surface area contributed by atoms with Crippen molar-refractivity contribution in [3.8, 4) is 0 Å². The molecule has 0 radical (unpaired) electrons. The minimum Gasteiger partial charge on any atom is -0.379 e. The summed E-state index contributed by atoms with van der Waals surface area (Å²) in [7, 11) is 0. The van der Waals surface area contributed by atoms with Crippen molar-refractivity contribution in [1.82, 2.24) is 0 Å². The van der Waals surface area contributed by atoms with Gasteiger partial charge in [-0.05, 0) is 25.7 Å². The first kappa shape index (κ1) is 10.5. The summed E-state index contributed by atoms with van der Waals surface area (Å²) in [6.07, 6.45) is 5.15. The van der Waals surface area contributed by atoms with Crippen LogP contribution >= 0.6 is 15.9 Å². The molecule has 1 rings (SSSR count). The molecule has 0 aromatic rings. The Labute approximate surface area is 82.7 Å². The molecule has 0 aliphatic carbocycles. The second-order valence-corrected chi connectivity index (χ2v) is 3.90. The van der Waals surface area contributed by atoms with Gasteiger partial charge in [0.25, 0.3) is 0 Å². The van der Waals surface area contributed by atoms with Crippen molar-refractivity contribution in [2.45, 2.75) is 31.8 Å². The molecule has 0 bridgehead atoms. The maximum absolute atomic E-state index is 5.52. The Morgan fingerprint density at radius 3 is 3.00 bits per heavy atom. The number of hydrogen-bond acceptors (Lipinski definition) is 2. The predicted molar refractivity (Wildman–Crippen MR) is 52.8 cm³/mol. The van der Waals surface area contributed by atoms with Crippen LogP contribution in [0.5, 0.6) is 0 Å². The van der Waals surface area contributed by atoms with Gasteiger partial charge in [-0.25, -0.2) is 0 Å². The van der Waals surface area contributed by atoms with E-state index in [-0.39, 0.29) is 0 Å². The number of ether oxygens (including phenoxy) is 2. The highest BCUT2D eigenvalue weighted by molar-refractivity contribution is 9.09. The summed E-state index contributed by atoms with van der Waals surface area (Å²) >= 11 is 3.36. The average Bonchev–Trinajstić information content (AvgIpc) is 2.14. The van der Waals surface area contributed by atoms with E-state index in [9.17, 15) is 0 Å². The lowest BCUT2D eigenvalue weighted by Crippen LogP contribution is -2.24. The molecule has 0 amide bonds. The molecule has 1 aliphatic heterocycles. The van der Waals surface area contributed by atoms with Gasteiger partial charge >= 0.3 is 0 Å². The maximum atomic E-state index is 5.52. The van der Waals surface area contributed by atoms with Crippen LogP contribution in [0.15, 0.2) is 0 Å². The van der Waals surface area contributed by atoms with Crippen molar-refractivity contribution in [3.63, 3.8) is 0 Å². The first-order valence-corrected chi connectivity index (χ1v) is 5.81. The molecule has 3 heteroatoms. The van der Waals surface area contributed by atoms with Gasteiger partial charge in [-0.15, -0.1) is 0 Å². The molecule has 12 heavy (non-hydrogen) atoms. The van der Waals surface area contributed by atoms with E-state index in [4.69, 9.17) is 9.47 Å². The van der Waals surface area contributed by atoms with Crippen molar-refractivity contribution in [1.29, 1.82) is 0 Å². The Balaban J connectivity index is 1.91. The van der Waals surface area contributed by atoms with Crippen LogP contribution in [-0.4, -0.2) is 31.3 Å². The fourth-order valence-electron chi connectivity index (χ4n) is 1.31. The Morgan fingerprint density at radius 1 is 1.42 bits per heavy atom. The van der Waals surface area contributed by atoms with Gasteiger partial charge in [-0.2, -0.15) is 0 Å². The van der Waals surface area contributed by atoms with E-state index < -0.39 is 0 Å². The topological polar surface area (TPSA) is 18.5 Å². The summed E-state index contributed by atoms with van der Waals surface area (Å²) in [5.74, 6) is 0. The molecule has 0 saturated carbocycles. The predicted octanol–water partition coefficient (Wildman–Crippen LogP) is 2.36. The molecular weight excluding hydrogens is 220 g/mol. The highest BCUT2D eigenvalue weighted by Gasteiger charge is 2.12. The zero-order valence-corrected chi connectivity index (χ0v) is 9.01. The van der Waals surface area contributed by atoms with Gasteiger partial charge in [0.2, 0.25) is 0 Å². The Hall–Kier alpha value is 0.400. The highest BCUT2D eigenvalue weighted by atomic mass is 79.9. The summed E-state index contributed by atoms with van der Waals surface area (Å²) in [6, 6.07) is 0. The first-order valence-electron chi connectivity index (χ1n) is 4.69. The van der Waals surface area contributed by atoms with E-state index in [1.807, 2.05) is 0 Å². The van der Waals surface area contributed by atoms with Crippen molar-refractivity contribution < 1.29 is 9.47 Å². The Morgan fingerprint density at radius 2 is 2.33 bits per heavy atom. The normalized spacial score (nSPS) is 24.2. The quantitative estimate of drug-likeness (QED) is 0.539. The van der Waals surface area contributed by atoms with Crippen LogP contribution in [0.3, 0.4) is 0 Å². The molecule has 0 N–H and O–H groups in total. The molecule has 1 heterocycles. The van der Waals surface area contributed by atoms with Gasteiger partial charge in [0.15, 0.2) is 0 Å². The van der Waals surface area contributed by atoms with Crippen LogP contribution in [0.4, 0.5) is 0 Å². The fourth-order valence-corrected chi connectivity index (χ4v) is 1.54. The molecule has 1 saturated heterocycles. The molecule has 72 valence electrons. The lowest BCUT2D eigenvalue weighted by molar-refractivity contribution is -0.0402. The molecule has 1 atom stereocenters. The fraction of sp³-hybridized carbons (Fsp3) is 1.00. The van der Waals surface area contributed by atoms with E-state index in [1.54, 1.807) is 0 Å². The Bertz CT molecular complexity index is 103. The zero-order valence-electron chi connectivity index (χ0n) is 7.43. The van der Waals surface area contributed by atoms with Gasteiger partial charge in [-0.1, -0.05) is 15.9 Å². The maximum Gasteiger partial charge on any atom is 0.0808 e. The monoisotopic (exact) mass is 236 g/mol. The third kappa shape index (κ3) is 4.43. The third-order valence-electron chi connectivity index (χ3n) is 2.00. The smallest absolute Gasteiger partial charge is 0.0808 e. The van der Waals surface area contributed by atoms with Gasteiger partial charge in [0, 0.05) is 18.5 Å². The second kappa shape index (κ2) is 6.87. The molecular formula is C9H17BrO2. The van der Waals surface area contributed by atoms with Gasteiger partial charge in [0.05, 0.1) is 12.7 Å². The minimum absolute atomic E-state index is 0.370. The van der Waals surface area contributed by atoms with Crippen LogP contribution in [0.25, 0.3) is 0 Å². The third-order valence-corrected chi connectivity index (χ3v) is 2.56. The van der Waals surface area contributed by atoms with Crippen molar-refractivity contribution >= 4 is 15.9 Å². The van der Waals surface area contributed by atoms with Gasteiger partial charge < -0.3 is 9.47 Å². The SMILES string of the molecule is BrCCCOCC1CCCCO1. The van der Waals surface area contributed by atoms with Crippen LogP contribution in [-0.2, 0) is 9.47 Å². The number of alkyl halides is 1. The molecule has 0 aromatic heterocycles. The van der Waals surface area contributed by atoms with E-state index >= 15 is 0 Å². The summed E-state index contributed by atoms with van der Waals surface area (Å²) in [6.45, 7) is 2.56. The Kier molecular flexibility index (Phi) is 6.00. The largest absolute Gasteiger partial charge is 0.379 e. The number of rotatable bonds is 5. The number of halogens is 1. The molecule has 0 aromatic carbocycles. The van der Waals surface area contributed by atoms with E-state index in [2.05, 4.69) is 15.9 Å². The van der Waals surface area contributed by atoms with Crippen LogP contribution in [0, 0.1) is 0 Å². The highest BCUT2D eigenvalue weighted by Crippen LogP contribution is 2.12. The van der Waals surface area contributed by atoms with E-state index in [1.165, 1.54) is 19.3 Å². The second-order valence-electron chi connectivity index (χ2n) is 3.11. The average molecular weight is 237 g/mol. The van der Waals surface area contributed by atoms with Crippen molar-refractivity contribution in [2.24, 2.45) is 0 Å². The van der Waals surface area contributed by atoms with Gasteiger partial charge in [0.1, 0.15) is 0 Å². The summed E-state index contributed by atoms with van der Waals surface area (Å²) in [5, 5.41) is 1.03. The van der Waals surface area contributed by atoms with Crippen LogP contribution in [0.1, 0.15) is 25.7 Å². The van der Waals surface area contributed by atoms with Crippen molar-refractivity contribution in [2.75, 3.05) is 25.2 Å². The van der Waals surface area contributed by atoms with Crippen LogP contribution in [0.2, 0.25) is 0 Å². The van der Waals surface area contributed by atoms with E-state index in [0.717, 1.165) is 31.6 Å². The summed E-state index contributed by atoms with van der Waals surface area (Å²) in [4.78, 5) is 0. The molecule has 0 spiro atoms. The van der Waals surface area contributed by atoms with Crippen LogP contribution < -0.4 is 0 Å². The minimum atomic E-state index is 0.370. The van der Waals surface area contributed by atoms with E-state index in [0.29, 0.717) is 6.10 Å². The standard InChI is InChI=1S/C9H17BrO2/c10-5-3-6-11-8-9-4-1-2-7-12-9/h9H,1-8H2. The summed E-state index contributed by atoms with van der Waals surface area (Å²) < 4.78 is 11.0. The molecule has 1 fully saturated rings. The molecule has 1 unspecified atom stereocenters. The lowest BCUT2D eigenvalue weighted by atomic mass is 10.1. The molecule has 2 nitrogen and oxygen atoms in total. The van der Waals surface area contributed by atoms with Crippen molar-refractivity contribution in [3.05, 3.63) is 0 Å². The molecule has 1 aliphatic rings. The van der Waals surface area contributed by atoms with Gasteiger partial charge in [-0.3, -0.25) is 0 Å².